The zero-order valence-corrected chi connectivity index (χ0v) is 9.83. The summed E-state index contributed by atoms with van der Waals surface area (Å²) < 4.78 is 1.24. The van der Waals surface area contributed by atoms with Gasteiger partial charge in [-0.15, -0.1) is 0 Å². The SMILES string of the molecule is CC(=CCn1ncc2ccccc2c1=O)C(=O)O. The minimum absolute atomic E-state index is 0.155. The Bertz CT molecular complexity index is 686. The third kappa shape index (κ3) is 2.29. The smallest absolute Gasteiger partial charge is 0.331 e. The van der Waals surface area contributed by atoms with Gasteiger partial charge in [0, 0.05) is 11.0 Å². The summed E-state index contributed by atoms with van der Waals surface area (Å²) in [7, 11) is 0. The highest BCUT2D eigenvalue weighted by Gasteiger charge is 2.03. The number of aromatic nitrogens is 2. The highest BCUT2D eigenvalue weighted by molar-refractivity contribution is 5.85. The fourth-order valence-corrected chi connectivity index (χ4v) is 1.57. The van der Waals surface area contributed by atoms with Crippen molar-refractivity contribution in [2.45, 2.75) is 13.5 Å². The van der Waals surface area contributed by atoms with Gasteiger partial charge in [0.05, 0.1) is 18.1 Å². The molecule has 0 unspecified atom stereocenters. The van der Waals surface area contributed by atoms with Gasteiger partial charge in [0.15, 0.2) is 0 Å². The van der Waals surface area contributed by atoms with Crippen LogP contribution in [0.1, 0.15) is 6.92 Å². The summed E-state index contributed by atoms with van der Waals surface area (Å²) in [6.45, 7) is 1.64. The molecular formula is C13H12N2O3. The summed E-state index contributed by atoms with van der Waals surface area (Å²) in [5.41, 5.74) is -0.0283. The Balaban J connectivity index is 2.42. The number of hydrogen-bond donors (Lipinski definition) is 1. The van der Waals surface area contributed by atoms with Crippen LogP contribution in [-0.2, 0) is 11.3 Å². The Morgan fingerprint density at radius 2 is 2.17 bits per heavy atom. The number of benzene rings is 1. The van der Waals surface area contributed by atoms with Crippen molar-refractivity contribution in [2.24, 2.45) is 0 Å². The van der Waals surface area contributed by atoms with Gasteiger partial charge in [-0.2, -0.15) is 5.10 Å². The Morgan fingerprint density at radius 1 is 1.44 bits per heavy atom. The molecule has 0 saturated carbocycles. The van der Waals surface area contributed by atoms with Gasteiger partial charge < -0.3 is 5.11 Å². The molecule has 0 spiro atoms. The van der Waals surface area contributed by atoms with Gasteiger partial charge >= 0.3 is 5.97 Å². The first-order valence-electron chi connectivity index (χ1n) is 5.44. The van der Waals surface area contributed by atoms with E-state index in [1.165, 1.54) is 17.7 Å². The summed E-state index contributed by atoms with van der Waals surface area (Å²) in [6, 6.07) is 7.16. The van der Waals surface area contributed by atoms with E-state index < -0.39 is 5.97 Å². The molecule has 5 nitrogen and oxygen atoms in total. The fourth-order valence-electron chi connectivity index (χ4n) is 1.57. The standard InChI is InChI=1S/C13H12N2O3/c1-9(13(17)18)6-7-15-12(16)11-5-3-2-4-10(11)8-14-15/h2-6,8H,7H2,1H3,(H,17,18). The maximum atomic E-state index is 12.0. The minimum Gasteiger partial charge on any atom is -0.478 e. The molecule has 92 valence electrons. The number of nitrogens with zero attached hydrogens (tertiary/aromatic N) is 2. The normalized spacial score (nSPS) is 11.7. The quantitative estimate of drug-likeness (QED) is 0.829. The van der Waals surface area contributed by atoms with Crippen LogP contribution in [0.5, 0.6) is 0 Å². The largest absolute Gasteiger partial charge is 0.478 e. The summed E-state index contributed by atoms with van der Waals surface area (Å²) >= 11 is 0. The molecule has 0 aliphatic carbocycles. The highest BCUT2D eigenvalue weighted by atomic mass is 16.4. The maximum Gasteiger partial charge on any atom is 0.331 e. The van der Waals surface area contributed by atoms with Gasteiger partial charge in [-0.05, 0) is 13.0 Å². The number of aliphatic carboxylic acids is 1. The predicted molar refractivity (Wildman–Crippen MR) is 67.4 cm³/mol. The van der Waals surface area contributed by atoms with Crippen LogP contribution in [0.4, 0.5) is 0 Å². The van der Waals surface area contributed by atoms with E-state index in [0.29, 0.717) is 5.39 Å². The summed E-state index contributed by atoms with van der Waals surface area (Å²) in [4.78, 5) is 22.7. The third-order valence-electron chi connectivity index (χ3n) is 2.67. The van der Waals surface area contributed by atoms with Gasteiger partial charge in [-0.1, -0.05) is 24.3 Å². The summed E-state index contributed by atoms with van der Waals surface area (Å²) in [5, 5.41) is 14.1. The summed E-state index contributed by atoms with van der Waals surface area (Å²) in [5.74, 6) is -0.996. The van der Waals surface area contributed by atoms with E-state index in [9.17, 15) is 9.59 Å². The van der Waals surface area contributed by atoms with Crippen molar-refractivity contribution in [1.29, 1.82) is 0 Å². The van der Waals surface area contributed by atoms with E-state index in [1.807, 2.05) is 12.1 Å². The zero-order valence-electron chi connectivity index (χ0n) is 9.83. The monoisotopic (exact) mass is 244 g/mol. The lowest BCUT2D eigenvalue weighted by atomic mass is 10.2. The number of carboxylic acids is 1. The van der Waals surface area contributed by atoms with Crippen LogP contribution in [0.2, 0.25) is 0 Å². The molecule has 0 aliphatic heterocycles. The van der Waals surface area contributed by atoms with Crippen LogP contribution in [0.15, 0.2) is 46.9 Å². The van der Waals surface area contributed by atoms with E-state index in [2.05, 4.69) is 5.10 Å². The molecule has 0 atom stereocenters. The van der Waals surface area contributed by atoms with Crippen molar-refractivity contribution in [3.63, 3.8) is 0 Å². The predicted octanol–water partition coefficient (Wildman–Crippen LogP) is 1.43. The van der Waals surface area contributed by atoms with E-state index in [4.69, 9.17) is 5.11 Å². The molecule has 2 aromatic rings. The Morgan fingerprint density at radius 3 is 2.89 bits per heavy atom. The van der Waals surface area contributed by atoms with Gasteiger partial charge in [-0.3, -0.25) is 4.79 Å². The summed E-state index contributed by atoms with van der Waals surface area (Å²) in [6.07, 6.45) is 3.06. The second-order valence-electron chi connectivity index (χ2n) is 3.91. The van der Waals surface area contributed by atoms with Crippen LogP contribution >= 0.6 is 0 Å². The molecule has 5 heteroatoms. The molecule has 1 heterocycles. The highest BCUT2D eigenvalue weighted by Crippen LogP contribution is 2.06. The number of carboxylic acid groups (broad SMARTS) is 1. The number of rotatable bonds is 3. The topological polar surface area (TPSA) is 72.2 Å². The van der Waals surface area contributed by atoms with Crippen molar-refractivity contribution in [2.75, 3.05) is 0 Å². The molecule has 1 aromatic carbocycles. The van der Waals surface area contributed by atoms with Crippen LogP contribution < -0.4 is 5.56 Å². The number of hydrogen-bond acceptors (Lipinski definition) is 3. The number of fused-ring (bicyclic) bond motifs is 1. The van der Waals surface area contributed by atoms with Crippen LogP contribution in [0, 0.1) is 0 Å². The van der Waals surface area contributed by atoms with Crippen LogP contribution in [0.25, 0.3) is 10.8 Å². The third-order valence-corrected chi connectivity index (χ3v) is 2.67. The van der Waals surface area contributed by atoms with E-state index in [-0.39, 0.29) is 17.7 Å². The molecule has 18 heavy (non-hydrogen) atoms. The first kappa shape index (κ1) is 12.0. The minimum atomic E-state index is -0.996. The van der Waals surface area contributed by atoms with Crippen molar-refractivity contribution in [1.82, 2.24) is 9.78 Å². The van der Waals surface area contributed by atoms with E-state index in [0.717, 1.165) is 5.39 Å². The first-order valence-corrected chi connectivity index (χ1v) is 5.44. The molecule has 0 fully saturated rings. The van der Waals surface area contributed by atoms with Gasteiger partial charge in [0.1, 0.15) is 0 Å². The van der Waals surface area contributed by atoms with Crippen molar-refractivity contribution < 1.29 is 9.90 Å². The number of allylic oxidation sites excluding steroid dienone is 1. The average molecular weight is 244 g/mol. The second-order valence-corrected chi connectivity index (χ2v) is 3.91. The zero-order chi connectivity index (χ0) is 13.1. The van der Waals surface area contributed by atoms with E-state index >= 15 is 0 Å². The average Bonchev–Trinajstić information content (AvgIpc) is 2.38. The van der Waals surface area contributed by atoms with Crippen molar-refractivity contribution in [3.8, 4) is 0 Å². The number of carbonyl (C=O) groups is 1. The molecule has 0 saturated heterocycles. The lowest BCUT2D eigenvalue weighted by Gasteiger charge is -2.03. The Hall–Kier alpha value is -2.43. The molecule has 1 N–H and O–H groups in total. The lowest BCUT2D eigenvalue weighted by molar-refractivity contribution is -0.132. The maximum absolute atomic E-state index is 12.0. The molecule has 0 amide bonds. The van der Waals surface area contributed by atoms with Crippen LogP contribution in [-0.4, -0.2) is 20.9 Å². The Labute approximate surface area is 103 Å². The van der Waals surface area contributed by atoms with Gasteiger partial charge in [0.2, 0.25) is 0 Å². The molecule has 0 radical (unpaired) electrons. The van der Waals surface area contributed by atoms with Crippen molar-refractivity contribution in [3.05, 3.63) is 52.5 Å². The van der Waals surface area contributed by atoms with Crippen molar-refractivity contribution >= 4 is 16.7 Å². The molecule has 0 bridgehead atoms. The molecule has 0 aliphatic rings. The van der Waals surface area contributed by atoms with Gasteiger partial charge in [0.25, 0.3) is 5.56 Å². The van der Waals surface area contributed by atoms with Crippen LogP contribution in [0.3, 0.4) is 0 Å². The van der Waals surface area contributed by atoms with Gasteiger partial charge in [-0.25, -0.2) is 9.48 Å². The molecular weight excluding hydrogens is 232 g/mol. The van der Waals surface area contributed by atoms with E-state index in [1.54, 1.807) is 18.3 Å². The first-order chi connectivity index (χ1) is 8.59. The molecule has 2 rings (SSSR count). The molecule has 1 aromatic heterocycles. The lowest BCUT2D eigenvalue weighted by Crippen LogP contribution is -2.22. The fraction of sp³-hybridized carbons (Fsp3) is 0.154. The second kappa shape index (κ2) is 4.83. The Kier molecular flexibility index (Phi) is 3.23.